The van der Waals surface area contributed by atoms with Crippen LogP contribution in [-0.2, 0) is 9.47 Å². The number of hydrogen-bond acceptors (Lipinski definition) is 3. The topological polar surface area (TPSA) is 18.5 Å². The summed E-state index contributed by atoms with van der Waals surface area (Å²) < 4.78 is 11.1. The van der Waals surface area contributed by atoms with Crippen molar-refractivity contribution in [3.8, 4) is 0 Å². The third-order valence-corrected chi connectivity index (χ3v) is 4.21. The quantitative estimate of drug-likeness (QED) is 0.288. The Hall–Kier alpha value is 0.510. The van der Waals surface area contributed by atoms with Crippen molar-refractivity contribution in [3.05, 3.63) is 29.3 Å². The smallest absolute Gasteiger partial charge is 0.0844 e. The first-order chi connectivity index (χ1) is 8.22. The van der Waals surface area contributed by atoms with Gasteiger partial charge in [0.2, 0.25) is 0 Å². The highest BCUT2D eigenvalue weighted by molar-refractivity contribution is 14.1. The summed E-state index contributed by atoms with van der Waals surface area (Å²) in [5.41, 5.74) is 0. The number of ether oxygens (including phenoxy) is 2. The summed E-state index contributed by atoms with van der Waals surface area (Å²) in [6.07, 6.45) is 0. The summed E-state index contributed by atoms with van der Waals surface area (Å²) in [7, 11) is 0. The molecule has 0 amide bonds. The van der Waals surface area contributed by atoms with E-state index in [1.165, 1.54) is 4.90 Å². The molecule has 0 aliphatic rings. The highest BCUT2D eigenvalue weighted by Gasteiger charge is 2.06. The maximum atomic E-state index is 5.83. The summed E-state index contributed by atoms with van der Waals surface area (Å²) in [5.74, 6) is 0. The maximum absolute atomic E-state index is 5.83. The molecule has 0 saturated carbocycles. The number of rotatable bonds is 8. The molecule has 1 unspecified atom stereocenters. The lowest BCUT2D eigenvalue weighted by Gasteiger charge is -2.10. The molecule has 0 spiro atoms. The Labute approximate surface area is 126 Å². The molecular weight excluding hydrogens is 371 g/mol. The van der Waals surface area contributed by atoms with Gasteiger partial charge >= 0.3 is 0 Å². The number of halogens is 2. The van der Waals surface area contributed by atoms with E-state index in [1.54, 1.807) is 11.8 Å². The second-order valence-corrected chi connectivity index (χ2v) is 7.32. The summed E-state index contributed by atoms with van der Waals surface area (Å²) in [6, 6.07) is 7.87. The van der Waals surface area contributed by atoms with Gasteiger partial charge in [0, 0.05) is 16.5 Å². The van der Waals surface area contributed by atoms with Crippen molar-refractivity contribution in [2.45, 2.75) is 15.1 Å². The predicted molar refractivity (Wildman–Crippen MR) is 82.4 cm³/mol. The Morgan fingerprint density at radius 2 is 1.88 bits per heavy atom. The Kier molecular flexibility index (Phi) is 8.65. The van der Waals surface area contributed by atoms with Crippen molar-refractivity contribution in [1.29, 1.82) is 0 Å². The van der Waals surface area contributed by atoms with Crippen molar-refractivity contribution in [2.24, 2.45) is 0 Å². The standard InChI is InChI=1S/C12H16ClIO2S/c1-2-15-7-8-16-9-12(14)17-11-5-3-10(13)4-6-11/h3-6,12H,2,7-9H2,1H3. The van der Waals surface area contributed by atoms with Crippen LogP contribution < -0.4 is 0 Å². The molecule has 1 rings (SSSR count). The highest BCUT2D eigenvalue weighted by Crippen LogP contribution is 2.28. The average Bonchev–Trinajstić information content (AvgIpc) is 2.32. The molecule has 1 aromatic rings. The van der Waals surface area contributed by atoms with Crippen LogP contribution in [0.25, 0.3) is 0 Å². The lowest BCUT2D eigenvalue weighted by atomic mass is 10.4. The molecule has 0 bridgehead atoms. The second kappa shape index (κ2) is 9.44. The minimum Gasteiger partial charge on any atom is -0.379 e. The molecule has 0 N–H and O–H groups in total. The van der Waals surface area contributed by atoms with Crippen LogP contribution >= 0.6 is 46.0 Å². The van der Waals surface area contributed by atoms with Crippen LogP contribution in [0.3, 0.4) is 0 Å². The molecule has 2 nitrogen and oxygen atoms in total. The Bertz CT molecular complexity index is 308. The van der Waals surface area contributed by atoms with Crippen LogP contribution in [0.2, 0.25) is 5.02 Å². The van der Waals surface area contributed by atoms with Gasteiger partial charge in [-0.3, -0.25) is 0 Å². The van der Waals surface area contributed by atoms with Crippen molar-refractivity contribution < 1.29 is 9.47 Å². The second-order valence-electron chi connectivity index (χ2n) is 3.25. The van der Waals surface area contributed by atoms with E-state index in [0.717, 1.165) is 18.2 Å². The van der Waals surface area contributed by atoms with Crippen LogP contribution in [0, 0.1) is 0 Å². The van der Waals surface area contributed by atoms with Crippen LogP contribution in [0.1, 0.15) is 6.92 Å². The third-order valence-electron chi connectivity index (χ3n) is 1.90. The van der Waals surface area contributed by atoms with Gasteiger partial charge in [0.25, 0.3) is 0 Å². The maximum Gasteiger partial charge on any atom is 0.0844 e. The first-order valence-corrected chi connectivity index (χ1v) is 7.94. The Balaban J connectivity index is 2.16. The van der Waals surface area contributed by atoms with Crippen molar-refractivity contribution in [3.63, 3.8) is 0 Å². The van der Waals surface area contributed by atoms with Crippen LogP contribution in [0.4, 0.5) is 0 Å². The van der Waals surface area contributed by atoms with Crippen molar-refractivity contribution in [1.82, 2.24) is 0 Å². The monoisotopic (exact) mass is 386 g/mol. The van der Waals surface area contributed by atoms with E-state index in [0.29, 0.717) is 16.5 Å². The first-order valence-electron chi connectivity index (χ1n) is 5.44. The lowest BCUT2D eigenvalue weighted by Crippen LogP contribution is -2.09. The number of benzene rings is 1. The summed E-state index contributed by atoms with van der Waals surface area (Å²) >= 11 is 9.99. The Morgan fingerprint density at radius 1 is 1.24 bits per heavy atom. The first kappa shape index (κ1) is 15.6. The number of thioether (sulfide) groups is 1. The summed E-state index contributed by atoms with van der Waals surface area (Å²) in [5, 5.41) is 0.771. The molecule has 0 aliphatic carbocycles. The molecule has 17 heavy (non-hydrogen) atoms. The molecular formula is C12H16ClIO2S. The van der Waals surface area contributed by atoms with Crippen LogP contribution in [-0.4, -0.2) is 29.7 Å². The average molecular weight is 387 g/mol. The van der Waals surface area contributed by atoms with Gasteiger partial charge in [0.05, 0.1) is 23.1 Å². The SMILES string of the molecule is CCOCCOCC(I)Sc1ccc(Cl)cc1. The number of alkyl halides is 1. The summed E-state index contributed by atoms with van der Waals surface area (Å²) in [4.78, 5) is 1.21. The number of hydrogen-bond donors (Lipinski definition) is 0. The predicted octanol–water partition coefficient (Wildman–Crippen LogP) is 4.25. The van der Waals surface area contributed by atoms with Crippen LogP contribution in [0.5, 0.6) is 0 Å². The molecule has 1 atom stereocenters. The molecule has 0 fully saturated rings. The van der Waals surface area contributed by atoms with Gasteiger partial charge in [0.15, 0.2) is 0 Å². The minimum atomic E-state index is 0.399. The van der Waals surface area contributed by atoms with Gasteiger partial charge in [-0.2, -0.15) is 0 Å². The lowest BCUT2D eigenvalue weighted by molar-refractivity contribution is 0.0585. The van der Waals surface area contributed by atoms with E-state index in [2.05, 4.69) is 22.6 Å². The van der Waals surface area contributed by atoms with Gasteiger partial charge in [0.1, 0.15) is 0 Å². The van der Waals surface area contributed by atoms with Crippen LogP contribution in [0.15, 0.2) is 29.2 Å². The molecule has 0 saturated heterocycles. The van der Waals surface area contributed by atoms with Gasteiger partial charge in [-0.1, -0.05) is 34.2 Å². The highest BCUT2D eigenvalue weighted by atomic mass is 127. The fraction of sp³-hybridized carbons (Fsp3) is 0.500. The Morgan fingerprint density at radius 3 is 2.53 bits per heavy atom. The largest absolute Gasteiger partial charge is 0.379 e. The van der Waals surface area contributed by atoms with Crippen molar-refractivity contribution >= 4 is 46.0 Å². The van der Waals surface area contributed by atoms with E-state index in [-0.39, 0.29) is 0 Å². The van der Waals surface area contributed by atoms with E-state index in [4.69, 9.17) is 21.1 Å². The van der Waals surface area contributed by atoms with Gasteiger partial charge in [-0.15, -0.1) is 11.8 Å². The molecule has 5 heteroatoms. The fourth-order valence-electron chi connectivity index (χ4n) is 1.13. The van der Waals surface area contributed by atoms with E-state index >= 15 is 0 Å². The zero-order chi connectivity index (χ0) is 12.5. The van der Waals surface area contributed by atoms with E-state index < -0.39 is 0 Å². The summed E-state index contributed by atoms with van der Waals surface area (Å²) in [6.45, 7) is 4.79. The zero-order valence-corrected chi connectivity index (χ0v) is 13.4. The molecule has 96 valence electrons. The molecule has 0 heterocycles. The fourth-order valence-corrected chi connectivity index (χ4v) is 3.15. The van der Waals surface area contributed by atoms with Gasteiger partial charge < -0.3 is 9.47 Å². The van der Waals surface area contributed by atoms with Gasteiger partial charge in [-0.05, 0) is 31.2 Å². The minimum absolute atomic E-state index is 0.399. The van der Waals surface area contributed by atoms with Crippen molar-refractivity contribution in [2.75, 3.05) is 26.4 Å². The third kappa shape index (κ3) is 7.51. The zero-order valence-electron chi connectivity index (χ0n) is 9.70. The molecule has 0 radical (unpaired) electrons. The van der Waals surface area contributed by atoms with Gasteiger partial charge in [-0.25, -0.2) is 0 Å². The van der Waals surface area contributed by atoms with E-state index in [1.807, 2.05) is 31.2 Å². The normalized spacial score (nSPS) is 12.6. The molecule has 1 aromatic carbocycles. The molecule has 0 aliphatic heterocycles. The molecule has 0 aromatic heterocycles. The van der Waals surface area contributed by atoms with E-state index in [9.17, 15) is 0 Å².